The Balaban J connectivity index is 1.34. The quantitative estimate of drug-likeness (QED) is 0.759. The van der Waals surface area contributed by atoms with E-state index < -0.39 is 5.60 Å². The molecule has 2 N–H and O–H groups in total. The highest BCUT2D eigenvalue weighted by Gasteiger charge is 2.28. The minimum Gasteiger partial charge on any atom is -0.492 e. The van der Waals surface area contributed by atoms with Gasteiger partial charge in [0.15, 0.2) is 0 Å². The molecule has 0 saturated carbocycles. The zero-order valence-corrected chi connectivity index (χ0v) is 14.5. The summed E-state index contributed by atoms with van der Waals surface area (Å²) in [6.07, 6.45) is 4.07. The van der Waals surface area contributed by atoms with Gasteiger partial charge in [-0.2, -0.15) is 0 Å². The lowest BCUT2D eigenvalue weighted by atomic mass is 9.94. The van der Waals surface area contributed by atoms with Crippen LogP contribution in [0, 0.1) is 0 Å². The van der Waals surface area contributed by atoms with Crippen molar-refractivity contribution < 1.29 is 14.6 Å². The summed E-state index contributed by atoms with van der Waals surface area (Å²) >= 11 is 0. The summed E-state index contributed by atoms with van der Waals surface area (Å²) in [5.41, 5.74) is 0.592. The largest absolute Gasteiger partial charge is 0.492 e. The van der Waals surface area contributed by atoms with Crippen molar-refractivity contribution in [2.75, 3.05) is 46.0 Å². The van der Waals surface area contributed by atoms with Crippen LogP contribution in [0.15, 0.2) is 24.3 Å². The van der Waals surface area contributed by atoms with Crippen LogP contribution in [0.4, 0.5) is 0 Å². The van der Waals surface area contributed by atoms with Gasteiger partial charge in [-0.25, -0.2) is 0 Å². The molecule has 0 spiro atoms. The molecule has 5 nitrogen and oxygen atoms in total. The Kier molecular flexibility index (Phi) is 6.49. The van der Waals surface area contributed by atoms with Gasteiger partial charge in [-0.3, -0.25) is 4.90 Å². The third-order valence-corrected chi connectivity index (χ3v) is 5.00. The van der Waals surface area contributed by atoms with Crippen molar-refractivity contribution in [2.24, 2.45) is 0 Å². The molecule has 2 aliphatic heterocycles. The van der Waals surface area contributed by atoms with Crippen molar-refractivity contribution in [3.8, 4) is 5.75 Å². The summed E-state index contributed by atoms with van der Waals surface area (Å²) in [4.78, 5) is 2.46. The normalized spacial score (nSPS) is 21.0. The zero-order valence-electron chi connectivity index (χ0n) is 14.5. The van der Waals surface area contributed by atoms with Crippen LogP contribution in [0.3, 0.4) is 0 Å². The van der Waals surface area contributed by atoms with Gasteiger partial charge in [-0.1, -0.05) is 12.1 Å². The Hall–Kier alpha value is -1.14. The molecule has 2 fully saturated rings. The zero-order chi connectivity index (χ0) is 16.7. The van der Waals surface area contributed by atoms with Gasteiger partial charge in [-0.15, -0.1) is 0 Å². The van der Waals surface area contributed by atoms with Crippen LogP contribution in [0.5, 0.6) is 5.75 Å². The first kappa shape index (κ1) is 17.7. The van der Waals surface area contributed by atoms with Crippen molar-refractivity contribution in [2.45, 2.75) is 37.8 Å². The Morgan fingerprint density at radius 2 is 1.83 bits per heavy atom. The number of nitrogens with zero attached hydrogens (tertiary/aromatic N) is 1. The van der Waals surface area contributed by atoms with E-state index in [1.807, 2.05) is 12.1 Å². The molecule has 24 heavy (non-hydrogen) atoms. The van der Waals surface area contributed by atoms with Crippen LogP contribution in [0.2, 0.25) is 0 Å². The highest BCUT2D eigenvalue weighted by atomic mass is 16.5. The maximum atomic E-state index is 10.4. The lowest BCUT2D eigenvalue weighted by Gasteiger charge is -2.32. The number of aliphatic hydroxyl groups is 1. The van der Waals surface area contributed by atoms with Gasteiger partial charge < -0.3 is 19.9 Å². The van der Waals surface area contributed by atoms with Crippen molar-refractivity contribution in [3.63, 3.8) is 0 Å². The summed E-state index contributed by atoms with van der Waals surface area (Å²) < 4.78 is 11.1. The molecule has 5 heteroatoms. The molecule has 0 atom stereocenters. The minimum absolute atomic E-state index is 0.614. The number of likely N-dealkylation sites (tertiary alicyclic amines) is 1. The van der Waals surface area contributed by atoms with Crippen LogP contribution >= 0.6 is 0 Å². The minimum atomic E-state index is -0.614. The van der Waals surface area contributed by atoms with E-state index in [4.69, 9.17) is 9.47 Å². The van der Waals surface area contributed by atoms with Gasteiger partial charge in [0, 0.05) is 45.7 Å². The Morgan fingerprint density at radius 3 is 2.54 bits per heavy atom. The Labute approximate surface area is 144 Å². The van der Waals surface area contributed by atoms with E-state index in [1.54, 1.807) is 0 Å². The molecule has 0 radical (unpaired) electrons. The highest BCUT2D eigenvalue weighted by Crippen LogP contribution is 2.19. The first-order valence-electron chi connectivity index (χ1n) is 9.19. The van der Waals surface area contributed by atoms with Gasteiger partial charge in [0.2, 0.25) is 0 Å². The molecule has 0 amide bonds. The molecule has 0 aromatic heterocycles. The van der Waals surface area contributed by atoms with Crippen molar-refractivity contribution in [1.82, 2.24) is 10.2 Å². The SMILES string of the molecule is OC1(CNCc2ccc(OCCN3CCCC3)cc2)CCOCC1. The second kappa shape index (κ2) is 8.81. The number of hydrogen-bond donors (Lipinski definition) is 2. The third-order valence-electron chi connectivity index (χ3n) is 5.00. The number of rotatable bonds is 8. The first-order valence-corrected chi connectivity index (χ1v) is 9.19. The van der Waals surface area contributed by atoms with Crippen LogP contribution in [0.25, 0.3) is 0 Å². The molecule has 1 aromatic carbocycles. The second-order valence-electron chi connectivity index (χ2n) is 6.98. The Morgan fingerprint density at radius 1 is 1.12 bits per heavy atom. The van der Waals surface area contributed by atoms with E-state index in [9.17, 15) is 5.11 Å². The number of nitrogens with one attached hydrogen (secondary N) is 1. The van der Waals surface area contributed by atoms with E-state index in [-0.39, 0.29) is 0 Å². The maximum Gasteiger partial charge on any atom is 0.119 e. The molecule has 3 rings (SSSR count). The van der Waals surface area contributed by atoms with Crippen molar-refractivity contribution in [3.05, 3.63) is 29.8 Å². The molecule has 2 aliphatic rings. The third kappa shape index (κ3) is 5.45. The fraction of sp³-hybridized carbons (Fsp3) is 0.684. The van der Waals surface area contributed by atoms with Crippen molar-refractivity contribution >= 4 is 0 Å². The summed E-state index contributed by atoms with van der Waals surface area (Å²) in [6.45, 7) is 6.89. The topological polar surface area (TPSA) is 54.0 Å². The number of hydrogen-bond acceptors (Lipinski definition) is 5. The van der Waals surface area contributed by atoms with E-state index in [1.165, 1.54) is 31.5 Å². The monoisotopic (exact) mass is 334 g/mol. The fourth-order valence-corrected chi connectivity index (χ4v) is 3.37. The summed E-state index contributed by atoms with van der Waals surface area (Å²) in [6, 6.07) is 8.24. The molecule has 0 bridgehead atoms. The van der Waals surface area contributed by atoms with E-state index in [0.29, 0.717) is 32.6 Å². The average molecular weight is 334 g/mol. The first-order chi connectivity index (χ1) is 11.7. The van der Waals surface area contributed by atoms with E-state index in [0.717, 1.165) is 25.4 Å². The lowest BCUT2D eigenvalue weighted by Crippen LogP contribution is -2.44. The molecule has 0 aliphatic carbocycles. The van der Waals surface area contributed by atoms with Crippen LogP contribution < -0.4 is 10.1 Å². The molecular weight excluding hydrogens is 304 g/mol. The van der Waals surface area contributed by atoms with Crippen LogP contribution in [-0.2, 0) is 11.3 Å². The van der Waals surface area contributed by atoms with Gasteiger partial charge in [0.1, 0.15) is 12.4 Å². The number of ether oxygens (including phenoxy) is 2. The lowest BCUT2D eigenvalue weighted by molar-refractivity contribution is -0.0617. The molecule has 0 unspecified atom stereocenters. The van der Waals surface area contributed by atoms with Gasteiger partial charge >= 0.3 is 0 Å². The summed E-state index contributed by atoms with van der Waals surface area (Å²) in [5.74, 6) is 0.931. The second-order valence-corrected chi connectivity index (χ2v) is 6.98. The average Bonchev–Trinajstić information content (AvgIpc) is 3.10. The molecule has 2 saturated heterocycles. The van der Waals surface area contributed by atoms with Gasteiger partial charge in [0.05, 0.1) is 5.60 Å². The summed E-state index contributed by atoms with van der Waals surface area (Å²) in [5, 5.41) is 13.8. The fourth-order valence-electron chi connectivity index (χ4n) is 3.37. The molecule has 2 heterocycles. The number of benzene rings is 1. The standard InChI is InChI=1S/C19H30N2O3/c22-19(7-12-23-13-8-19)16-20-15-17-3-5-18(6-4-17)24-14-11-21-9-1-2-10-21/h3-6,20,22H,1-2,7-16H2. The van der Waals surface area contributed by atoms with Gasteiger partial charge in [-0.05, 0) is 43.6 Å². The van der Waals surface area contributed by atoms with Crippen molar-refractivity contribution in [1.29, 1.82) is 0 Å². The van der Waals surface area contributed by atoms with Gasteiger partial charge in [0.25, 0.3) is 0 Å². The molecule has 1 aromatic rings. The predicted octanol–water partition coefficient (Wildman–Crippen LogP) is 1.79. The predicted molar refractivity (Wildman–Crippen MR) is 94.3 cm³/mol. The molecule has 134 valence electrons. The van der Waals surface area contributed by atoms with Crippen LogP contribution in [-0.4, -0.2) is 61.6 Å². The molecular formula is C19H30N2O3. The maximum absolute atomic E-state index is 10.4. The summed E-state index contributed by atoms with van der Waals surface area (Å²) in [7, 11) is 0. The van der Waals surface area contributed by atoms with E-state index >= 15 is 0 Å². The van der Waals surface area contributed by atoms with Crippen LogP contribution in [0.1, 0.15) is 31.2 Å². The smallest absolute Gasteiger partial charge is 0.119 e. The highest BCUT2D eigenvalue weighted by molar-refractivity contribution is 5.27. The Bertz CT molecular complexity index is 480. The van der Waals surface area contributed by atoms with E-state index in [2.05, 4.69) is 22.3 Å².